The van der Waals surface area contributed by atoms with Crippen molar-refractivity contribution >= 4 is 17.6 Å². The van der Waals surface area contributed by atoms with E-state index in [0.717, 1.165) is 29.0 Å². The van der Waals surface area contributed by atoms with E-state index in [1.54, 1.807) is 0 Å². The van der Waals surface area contributed by atoms with Gasteiger partial charge in [0.25, 0.3) is 5.96 Å². The van der Waals surface area contributed by atoms with Gasteiger partial charge in [0.1, 0.15) is 18.0 Å². The second-order valence-electron chi connectivity index (χ2n) is 7.13. The van der Waals surface area contributed by atoms with Gasteiger partial charge in [-0.15, -0.1) is 0 Å². The van der Waals surface area contributed by atoms with Crippen LogP contribution in [0.3, 0.4) is 0 Å². The van der Waals surface area contributed by atoms with E-state index in [1.165, 1.54) is 5.56 Å². The third-order valence-electron chi connectivity index (χ3n) is 5.07. The summed E-state index contributed by atoms with van der Waals surface area (Å²) in [6, 6.07) is 26.3. The Hall–Kier alpha value is -3.80. The number of hydrogen-bond donors (Lipinski definition) is 3. The summed E-state index contributed by atoms with van der Waals surface area (Å²) in [5.41, 5.74) is 16.6. The van der Waals surface area contributed by atoms with Crippen LogP contribution >= 0.6 is 0 Å². The highest BCUT2D eigenvalue weighted by molar-refractivity contribution is 5.96. The van der Waals surface area contributed by atoms with Crippen LogP contribution in [-0.4, -0.2) is 16.5 Å². The molecule has 0 aliphatic carbocycles. The molecule has 0 bridgehead atoms. The van der Waals surface area contributed by atoms with Gasteiger partial charge < -0.3 is 10.5 Å². The quantitative estimate of drug-likeness (QED) is 0.553. The lowest BCUT2D eigenvalue weighted by Crippen LogP contribution is -2.50. The minimum Gasteiger partial charge on any atom is -0.489 e. The molecule has 1 heterocycles. The van der Waals surface area contributed by atoms with Crippen molar-refractivity contribution in [1.29, 1.82) is 0 Å². The first kappa shape index (κ1) is 19.5. The summed E-state index contributed by atoms with van der Waals surface area (Å²) in [5, 5.41) is 2.93. The zero-order valence-corrected chi connectivity index (χ0v) is 17.0. The van der Waals surface area contributed by atoms with Crippen molar-refractivity contribution in [1.82, 2.24) is 5.32 Å². The first-order chi connectivity index (χ1) is 14.6. The minimum absolute atomic E-state index is 0.295. The van der Waals surface area contributed by atoms with Gasteiger partial charge in [0, 0.05) is 5.56 Å². The van der Waals surface area contributed by atoms with Crippen LogP contribution in [0.4, 0.5) is 5.69 Å². The Kier molecular flexibility index (Phi) is 5.66. The molecule has 0 saturated heterocycles. The Labute approximate surface area is 176 Å². The van der Waals surface area contributed by atoms with Gasteiger partial charge in [0.2, 0.25) is 6.17 Å². The number of guanidine groups is 2. The topological polar surface area (TPSA) is 88.7 Å². The first-order valence-corrected chi connectivity index (χ1v) is 10.0. The number of nitrogens with one attached hydrogen (secondary N) is 1. The Morgan fingerprint density at radius 2 is 1.60 bits per heavy atom. The fourth-order valence-corrected chi connectivity index (χ4v) is 3.42. The van der Waals surface area contributed by atoms with Gasteiger partial charge in [-0.05, 0) is 53.9 Å². The molecule has 0 radical (unpaired) electrons. The number of hydrogen-bond acceptors (Lipinski definition) is 5. The predicted octanol–water partition coefficient (Wildman–Crippen LogP) is 3.40. The van der Waals surface area contributed by atoms with E-state index in [-0.39, 0.29) is 6.17 Å². The van der Waals surface area contributed by atoms with Crippen molar-refractivity contribution in [2.24, 2.45) is 16.5 Å². The number of nitrogens with zero attached hydrogens (tertiary/aromatic N) is 2. The molecular weight excluding hydrogens is 374 g/mol. The summed E-state index contributed by atoms with van der Waals surface area (Å²) < 4.78 is 7.84. The molecule has 3 aromatic carbocycles. The van der Waals surface area contributed by atoms with Gasteiger partial charge >= 0.3 is 5.96 Å². The molecule has 0 saturated carbocycles. The molecule has 5 N–H and O–H groups in total. The summed E-state index contributed by atoms with van der Waals surface area (Å²) in [6.45, 7) is 2.66. The lowest BCUT2D eigenvalue weighted by atomic mass is 10.1. The third kappa shape index (κ3) is 4.27. The normalized spacial score (nSPS) is 16.0. The molecule has 6 heteroatoms. The summed E-state index contributed by atoms with van der Waals surface area (Å²) in [6.07, 6.45) is 0.623. The first-order valence-electron chi connectivity index (χ1n) is 10.0. The summed E-state index contributed by atoms with van der Waals surface area (Å²) in [4.78, 5) is 4.59. The molecule has 1 aliphatic heterocycles. The molecule has 152 valence electrons. The summed E-state index contributed by atoms with van der Waals surface area (Å²) in [5.74, 6) is 1.54. The fourth-order valence-electron chi connectivity index (χ4n) is 3.42. The number of benzene rings is 3. The van der Waals surface area contributed by atoms with Crippen molar-refractivity contribution in [3.63, 3.8) is 0 Å². The highest BCUT2D eigenvalue weighted by atomic mass is 16.5. The monoisotopic (exact) mass is 400 g/mol. The largest absolute Gasteiger partial charge is 0.489 e. The molecule has 0 fully saturated rings. The van der Waals surface area contributed by atoms with Gasteiger partial charge in [-0.3, -0.25) is 5.73 Å². The molecule has 4 rings (SSSR count). The van der Waals surface area contributed by atoms with E-state index < -0.39 is 0 Å². The van der Waals surface area contributed by atoms with Crippen LogP contribution in [0.15, 0.2) is 83.9 Å². The highest BCUT2D eigenvalue weighted by Gasteiger charge is 2.28. The molecule has 1 unspecified atom stereocenters. The molecule has 0 amide bonds. The van der Waals surface area contributed by atoms with Crippen LogP contribution in [0, 0.1) is 0 Å². The maximum atomic E-state index is 6.29. The molecule has 0 aromatic heterocycles. The van der Waals surface area contributed by atoms with E-state index in [1.807, 2.05) is 59.2 Å². The van der Waals surface area contributed by atoms with E-state index in [4.69, 9.17) is 16.2 Å². The van der Waals surface area contributed by atoms with E-state index in [9.17, 15) is 0 Å². The molecule has 3 aromatic rings. The lowest BCUT2D eigenvalue weighted by Gasteiger charge is -2.23. The molecule has 1 aliphatic rings. The average Bonchev–Trinajstić information content (AvgIpc) is 2.78. The van der Waals surface area contributed by atoms with E-state index in [2.05, 4.69) is 41.5 Å². The third-order valence-corrected chi connectivity index (χ3v) is 5.07. The smallest absolute Gasteiger partial charge is 0.357 e. The van der Waals surface area contributed by atoms with Gasteiger partial charge in [-0.25, -0.2) is 9.89 Å². The molecule has 0 spiro atoms. The van der Waals surface area contributed by atoms with Crippen LogP contribution in [0.25, 0.3) is 0 Å². The molecule has 1 atom stereocenters. The Morgan fingerprint density at radius 3 is 2.27 bits per heavy atom. The zero-order chi connectivity index (χ0) is 20.9. The van der Waals surface area contributed by atoms with Crippen LogP contribution in [0.5, 0.6) is 5.75 Å². The minimum atomic E-state index is -0.359. The van der Waals surface area contributed by atoms with Crippen LogP contribution < -0.4 is 21.5 Å². The Balaban J connectivity index is 1.57. The van der Waals surface area contributed by atoms with Gasteiger partial charge in [-0.1, -0.05) is 49.4 Å². The second kappa shape index (κ2) is 8.69. The fraction of sp³-hybridized carbons (Fsp3) is 0.167. The molecular formula is C24H26N5O+. The van der Waals surface area contributed by atoms with Crippen LogP contribution in [-0.2, 0) is 13.0 Å². The maximum Gasteiger partial charge on any atom is 0.357 e. The maximum absolute atomic E-state index is 6.29. The van der Waals surface area contributed by atoms with E-state index >= 15 is 0 Å². The highest BCUT2D eigenvalue weighted by Crippen LogP contribution is 2.29. The molecule has 6 nitrogen and oxygen atoms in total. The number of nitrogens with two attached hydrogens (primary N) is 2. The van der Waals surface area contributed by atoms with Gasteiger partial charge in [0.15, 0.2) is 0 Å². The Morgan fingerprint density at radius 1 is 0.900 bits per heavy atom. The zero-order valence-electron chi connectivity index (χ0n) is 17.0. The lowest BCUT2D eigenvalue weighted by molar-refractivity contribution is -0.494. The van der Waals surface area contributed by atoms with Crippen molar-refractivity contribution in [2.45, 2.75) is 26.1 Å². The number of aryl methyl sites for hydroxylation is 1. The van der Waals surface area contributed by atoms with Gasteiger partial charge in [0.05, 0.1) is 0 Å². The standard InChI is InChI=1S/C24H25N5O/c1-2-17-8-12-20(13-9-17)29-22(27-23(25)28-24(29)26)19-10-14-21(15-11-19)30-16-18-6-4-3-5-7-18/h3-15,22H,2,16H2,1H3,(H4,25,26,27,28)/p+1. The SMILES string of the molecule is CCc1ccc([N+]2=C(N)NC(N)=NC2c2ccc(OCc3ccccc3)cc2)cc1. The predicted molar refractivity (Wildman–Crippen MR) is 120 cm³/mol. The number of ether oxygens (including phenoxy) is 1. The number of rotatable bonds is 6. The van der Waals surface area contributed by atoms with Crippen molar-refractivity contribution in [3.05, 3.63) is 95.6 Å². The summed E-state index contributed by atoms with van der Waals surface area (Å²) in [7, 11) is 0. The Bertz CT molecular complexity index is 1060. The van der Waals surface area contributed by atoms with Crippen LogP contribution in [0.1, 0.15) is 29.8 Å². The second-order valence-corrected chi connectivity index (χ2v) is 7.13. The van der Waals surface area contributed by atoms with Crippen molar-refractivity contribution in [3.8, 4) is 5.75 Å². The van der Waals surface area contributed by atoms with Crippen molar-refractivity contribution < 1.29 is 9.31 Å². The average molecular weight is 401 g/mol. The number of aliphatic imine (C=N–C) groups is 1. The summed E-state index contributed by atoms with van der Waals surface area (Å²) >= 11 is 0. The van der Waals surface area contributed by atoms with Crippen molar-refractivity contribution in [2.75, 3.05) is 0 Å². The molecule has 30 heavy (non-hydrogen) atoms. The van der Waals surface area contributed by atoms with Gasteiger partial charge in [-0.2, -0.15) is 4.99 Å². The van der Waals surface area contributed by atoms with Crippen LogP contribution in [0.2, 0.25) is 0 Å². The van der Waals surface area contributed by atoms with E-state index in [0.29, 0.717) is 18.5 Å².